The summed E-state index contributed by atoms with van der Waals surface area (Å²) in [5, 5.41) is 7.69. The molecule has 0 unspecified atom stereocenters. The van der Waals surface area contributed by atoms with E-state index in [1.165, 1.54) is 29.3 Å². The summed E-state index contributed by atoms with van der Waals surface area (Å²) in [6, 6.07) is 4.23. The Bertz CT molecular complexity index is 484. The maximum absolute atomic E-state index is 13.2. The van der Waals surface area contributed by atoms with Gasteiger partial charge in [0.2, 0.25) is 5.69 Å². The second-order valence-electron chi connectivity index (χ2n) is 2.57. The van der Waals surface area contributed by atoms with Crippen LogP contribution in [0.4, 0.5) is 10.1 Å². The van der Waals surface area contributed by atoms with Crippen molar-refractivity contribution in [1.82, 2.24) is 15.0 Å². The van der Waals surface area contributed by atoms with Crippen LogP contribution >= 0.6 is 0 Å². The number of hydrogen-bond donors (Lipinski definition) is 0. The van der Waals surface area contributed by atoms with E-state index in [1.807, 2.05) is 0 Å². The average molecular weight is 188 g/mol. The van der Waals surface area contributed by atoms with Crippen molar-refractivity contribution in [2.75, 3.05) is 0 Å². The van der Waals surface area contributed by atoms with Gasteiger partial charge in [-0.05, 0) is 12.1 Å². The highest BCUT2D eigenvalue weighted by molar-refractivity contribution is 5.50. The lowest BCUT2D eigenvalue weighted by Crippen LogP contribution is -1.98. The van der Waals surface area contributed by atoms with Crippen LogP contribution in [0, 0.1) is 12.4 Å². The van der Waals surface area contributed by atoms with Crippen molar-refractivity contribution in [3.05, 3.63) is 47.8 Å². The molecule has 0 fully saturated rings. The normalized spacial score (nSPS) is 9.71. The highest BCUT2D eigenvalue weighted by atomic mass is 19.1. The molecule has 4 nitrogen and oxygen atoms in total. The van der Waals surface area contributed by atoms with Crippen molar-refractivity contribution in [1.29, 1.82) is 0 Å². The molecule has 0 atom stereocenters. The first-order valence-corrected chi connectivity index (χ1v) is 3.85. The Morgan fingerprint density at radius 3 is 2.57 bits per heavy atom. The molecular weight excluding hydrogens is 183 g/mol. The molecule has 14 heavy (non-hydrogen) atoms. The molecule has 0 aliphatic rings. The summed E-state index contributed by atoms with van der Waals surface area (Å²) < 4.78 is 13.2. The molecule has 0 radical (unpaired) electrons. The number of halogens is 1. The second-order valence-corrected chi connectivity index (χ2v) is 2.57. The largest absolute Gasteiger partial charge is 0.235 e. The molecule has 0 N–H and O–H groups in total. The van der Waals surface area contributed by atoms with Gasteiger partial charge in [0, 0.05) is 0 Å². The summed E-state index contributed by atoms with van der Waals surface area (Å²) in [5.74, 6) is -0.560. The molecule has 2 rings (SSSR count). The van der Waals surface area contributed by atoms with E-state index in [9.17, 15) is 4.39 Å². The number of hydrogen-bond acceptors (Lipinski definition) is 2. The molecule has 0 saturated heterocycles. The molecule has 2 aromatic rings. The first kappa shape index (κ1) is 8.38. The SMILES string of the molecule is [C-]#[N+]c1ccc(-n2nccn2)cc1F. The van der Waals surface area contributed by atoms with E-state index in [2.05, 4.69) is 15.0 Å². The van der Waals surface area contributed by atoms with Gasteiger partial charge < -0.3 is 0 Å². The first-order chi connectivity index (χ1) is 6.81. The van der Waals surface area contributed by atoms with Gasteiger partial charge in [0.15, 0.2) is 0 Å². The molecule has 1 aromatic heterocycles. The minimum atomic E-state index is -0.560. The molecule has 5 heteroatoms. The van der Waals surface area contributed by atoms with Crippen LogP contribution in [0.1, 0.15) is 0 Å². The molecule has 0 aliphatic heterocycles. The number of nitrogens with zero attached hydrogens (tertiary/aromatic N) is 4. The maximum Gasteiger partial charge on any atom is 0.222 e. The van der Waals surface area contributed by atoms with Gasteiger partial charge >= 0.3 is 0 Å². The lowest BCUT2D eigenvalue weighted by atomic mass is 10.3. The predicted octanol–water partition coefficient (Wildman–Crippen LogP) is 1.96. The predicted molar refractivity (Wildman–Crippen MR) is 47.6 cm³/mol. The zero-order chi connectivity index (χ0) is 9.97. The van der Waals surface area contributed by atoms with Crippen molar-refractivity contribution in [3.63, 3.8) is 0 Å². The van der Waals surface area contributed by atoms with E-state index >= 15 is 0 Å². The van der Waals surface area contributed by atoms with E-state index < -0.39 is 5.82 Å². The van der Waals surface area contributed by atoms with Gasteiger partial charge in [-0.15, -0.1) is 0 Å². The van der Waals surface area contributed by atoms with Crippen molar-refractivity contribution >= 4 is 5.69 Å². The Labute approximate surface area is 79.4 Å². The fourth-order valence-corrected chi connectivity index (χ4v) is 1.06. The van der Waals surface area contributed by atoms with Crippen LogP contribution in [0.25, 0.3) is 10.5 Å². The van der Waals surface area contributed by atoms with Gasteiger partial charge in [0.25, 0.3) is 0 Å². The van der Waals surface area contributed by atoms with Crippen LogP contribution in [0.2, 0.25) is 0 Å². The highest BCUT2D eigenvalue weighted by Crippen LogP contribution is 2.19. The number of rotatable bonds is 1. The zero-order valence-corrected chi connectivity index (χ0v) is 7.05. The Hall–Kier alpha value is -2.22. The van der Waals surface area contributed by atoms with Gasteiger partial charge in [-0.25, -0.2) is 9.24 Å². The quantitative estimate of drug-likeness (QED) is 0.641. The third-order valence-electron chi connectivity index (χ3n) is 1.70. The van der Waals surface area contributed by atoms with Crippen LogP contribution in [0.3, 0.4) is 0 Å². The second kappa shape index (κ2) is 3.26. The highest BCUT2D eigenvalue weighted by Gasteiger charge is 2.04. The van der Waals surface area contributed by atoms with Crippen LogP contribution < -0.4 is 0 Å². The van der Waals surface area contributed by atoms with E-state index in [-0.39, 0.29) is 5.69 Å². The monoisotopic (exact) mass is 188 g/mol. The molecule has 0 aliphatic carbocycles. The van der Waals surface area contributed by atoms with Crippen molar-refractivity contribution in [2.45, 2.75) is 0 Å². The fourth-order valence-electron chi connectivity index (χ4n) is 1.06. The molecular formula is C9H5FN4. The smallest absolute Gasteiger partial charge is 0.222 e. The molecule has 0 bridgehead atoms. The standard InChI is InChI=1S/C9H5FN4/c1-11-9-3-2-7(6-8(9)10)14-12-4-5-13-14/h2-6H. The molecule has 1 aromatic carbocycles. The summed E-state index contributed by atoms with van der Waals surface area (Å²) in [4.78, 5) is 4.31. The minimum absolute atomic E-state index is 0.000839. The summed E-state index contributed by atoms with van der Waals surface area (Å²) in [6.45, 7) is 6.68. The summed E-state index contributed by atoms with van der Waals surface area (Å²) in [5.41, 5.74) is 0.501. The molecule has 0 spiro atoms. The van der Waals surface area contributed by atoms with Crippen LogP contribution in [-0.2, 0) is 0 Å². The van der Waals surface area contributed by atoms with Crippen LogP contribution in [-0.4, -0.2) is 15.0 Å². The fraction of sp³-hybridized carbons (Fsp3) is 0. The third-order valence-corrected chi connectivity index (χ3v) is 1.70. The molecule has 68 valence electrons. The van der Waals surface area contributed by atoms with Crippen LogP contribution in [0.5, 0.6) is 0 Å². The van der Waals surface area contributed by atoms with E-state index in [0.29, 0.717) is 5.69 Å². The lowest BCUT2D eigenvalue weighted by Gasteiger charge is -1.99. The Morgan fingerprint density at radius 1 is 1.29 bits per heavy atom. The number of aromatic nitrogens is 3. The van der Waals surface area contributed by atoms with Crippen molar-refractivity contribution in [3.8, 4) is 5.69 Å². The van der Waals surface area contributed by atoms with E-state index in [0.717, 1.165) is 0 Å². The van der Waals surface area contributed by atoms with Crippen molar-refractivity contribution in [2.24, 2.45) is 0 Å². The molecule has 0 amide bonds. The molecule has 0 saturated carbocycles. The van der Waals surface area contributed by atoms with Gasteiger partial charge in [0.05, 0.1) is 24.7 Å². The van der Waals surface area contributed by atoms with E-state index in [1.54, 1.807) is 6.07 Å². The zero-order valence-electron chi connectivity index (χ0n) is 7.05. The van der Waals surface area contributed by atoms with Gasteiger partial charge in [-0.1, -0.05) is 6.07 Å². The summed E-state index contributed by atoms with van der Waals surface area (Å²) in [6.07, 6.45) is 3.00. The number of benzene rings is 1. The van der Waals surface area contributed by atoms with Gasteiger partial charge in [-0.2, -0.15) is 15.0 Å². The van der Waals surface area contributed by atoms with E-state index in [4.69, 9.17) is 6.57 Å². The average Bonchev–Trinajstić information content (AvgIpc) is 2.70. The molecule has 1 heterocycles. The Morgan fingerprint density at radius 2 is 2.00 bits per heavy atom. The van der Waals surface area contributed by atoms with Crippen LogP contribution in [0.15, 0.2) is 30.6 Å². The summed E-state index contributed by atoms with van der Waals surface area (Å²) >= 11 is 0. The van der Waals surface area contributed by atoms with Crippen molar-refractivity contribution < 1.29 is 4.39 Å². The lowest BCUT2D eigenvalue weighted by molar-refractivity contribution is 0.628. The topological polar surface area (TPSA) is 35.1 Å². The maximum atomic E-state index is 13.2. The Balaban J connectivity index is 2.49. The minimum Gasteiger partial charge on any atom is -0.235 e. The third kappa shape index (κ3) is 1.33. The first-order valence-electron chi connectivity index (χ1n) is 3.85. The summed E-state index contributed by atoms with van der Waals surface area (Å²) in [7, 11) is 0. The van der Waals surface area contributed by atoms with Gasteiger partial charge in [-0.3, -0.25) is 0 Å². The Kier molecular flexibility index (Phi) is 1.95. The van der Waals surface area contributed by atoms with Gasteiger partial charge in [0.1, 0.15) is 5.82 Å².